The minimum atomic E-state index is -0.306. The quantitative estimate of drug-likeness (QED) is 0.466. The Labute approximate surface area is 188 Å². The van der Waals surface area contributed by atoms with Crippen LogP contribution >= 0.6 is 11.8 Å². The normalized spacial score (nSPS) is 23.4. The lowest BCUT2D eigenvalue weighted by atomic mass is 9.72. The third kappa shape index (κ3) is 4.78. The summed E-state index contributed by atoms with van der Waals surface area (Å²) in [4.78, 5) is 11.2. The van der Waals surface area contributed by atoms with Crippen molar-refractivity contribution in [2.75, 3.05) is 18.0 Å². The molecule has 2 aromatic carbocycles. The van der Waals surface area contributed by atoms with Crippen molar-refractivity contribution in [3.05, 3.63) is 83.7 Å². The minimum Gasteiger partial charge on any atom is -0.391 e. The van der Waals surface area contributed by atoms with Crippen LogP contribution in [0.5, 0.6) is 0 Å². The number of aryl methyl sites for hydroxylation is 1. The van der Waals surface area contributed by atoms with Crippen LogP contribution < -0.4 is 4.90 Å². The van der Waals surface area contributed by atoms with Crippen LogP contribution in [0.1, 0.15) is 29.5 Å². The van der Waals surface area contributed by atoms with Gasteiger partial charge in [0.1, 0.15) is 17.2 Å². The highest BCUT2D eigenvalue weighted by Crippen LogP contribution is 2.36. The van der Waals surface area contributed by atoms with E-state index in [4.69, 9.17) is 0 Å². The number of piperidine rings is 1. The van der Waals surface area contributed by atoms with Crippen LogP contribution in [0.3, 0.4) is 0 Å². The van der Waals surface area contributed by atoms with Crippen molar-refractivity contribution >= 4 is 17.6 Å². The molecule has 4 nitrogen and oxygen atoms in total. The molecule has 3 atom stereocenters. The maximum atomic E-state index is 11.0. The van der Waals surface area contributed by atoms with Gasteiger partial charge in [-0.1, -0.05) is 54.6 Å². The average molecular weight is 432 g/mol. The minimum absolute atomic E-state index is 0.306. The van der Waals surface area contributed by atoms with Crippen LogP contribution in [0.4, 0.5) is 5.82 Å². The predicted octanol–water partition coefficient (Wildman–Crippen LogP) is 4.76. The van der Waals surface area contributed by atoms with E-state index in [1.165, 1.54) is 23.1 Å². The summed E-state index contributed by atoms with van der Waals surface area (Å²) < 4.78 is 0. The van der Waals surface area contributed by atoms with Gasteiger partial charge >= 0.3 is 0 Å². The molecular formula is C26H29N3OS. The van der Waals surface area contributed by atoms with Crippen molar-refractivity contribution in [3.8, 4) is 0 Å². The first-order valence-corrected chi connectivity index (χ1v) is 12.2. The zero-order chi connectivity index (χ0) is 21.0. The lowest BCUT2D eigenvalue weighted by molar-refractivity contribution is 0.0525. The van der Waals surface area contributed by atoms with Gasteiger partial charge in [-0.25, -0.2) is 9.97 Å². The number of fused-ring (bicyclic) bond motifs is 1. The zero-order valence-corrected chi connectivity index (χ0v) is 18.5. The Kier molecular flexibility index (Phi) is 6.23. The van der Waals surface area contributed by atoms with E-state index in [-0.39, 0.29) is 6.10 Å². The molecule has 1 N–H and O–H groups in total. The maximum Gasteiger partial charge on any atom is 0.133 e. The second-order valence-electron chi connectivity index (χ2n) is 8.73. The highest BCUT2D eigenvalue weighted by Gasteiger charge is 2.35. The molecule has 0 saturated carbocycles. The number of hydrogen-bond donors (Lipinski definition) is 1. The number of rotatable bonds is 5. The molecule has 1 aromatic heterocycles. The molecule has 160 valence electrons. The topological polar surface area (TPSA) is 49.2 Å². The molecular weight excluding hydrogens is 402 g/mol. The first-order chi connectivity index (χ1) is 15.3. The van der Waals surface area contributed by atoms with Gasteiger partial charge in [-0.15, -0.1) is 11.8 Å². The Balaban J connectivity index is 1.21. The Morgan fingerprint density at radius 3 is 2.61 bits per heavy atom. The molecule has 0 radical (unpaired) electrons. The van der Waals surface area contributed by atoms with Crippen molar-refractivity contribution in [2.45, 2.75) is 42.6 Å². The fourth-order valence-corrected chi connectivity index (χ4v) is 5.93. The molecule has 3 aromatic rings. The van der Waals surface area contributed by atoms with Gasteiger partial charge in [-0.05, 0) is 54.2 Å². The van der Waals surface area contributed by atoms with E-state index >= 15 is 0 Å². The second kappa shape index (κ2) is 9.41. The van der Waals surface area contributed by atoms with Crippen LogP contribution in [0.25, 0.3) is 0 Å². The fraction of sp³-hybridized carbons (Fsp3) is 0.385. The number of thioether (sulfide) groups is 1. The van der Waals surface area contributed by atoms with Crippen LogP contribution in [0.2, 0.25) is 0 Å². The molecule has 0 spiro atoms. The number of aliphatic hydroxyl groups is 1. The lowest BCUT2D eigenvalue weighted by Crippen LogP contribution is -2.47. The molecule has 5 rings (SSSR count). The van der Waals surface area contributed by atoms with Crippen molar-refractivity contribution in [1.82, 2.24) is 9.97 Å². The first-order valence-electron chi connectivity index (χ1n) is 11.2. The Morgan fingerprint density at radius 2 is 1.77 bits per heavy atom. The van der Waals surface area contributed by atoms with Gasteiger partial charge in [-0.2, -0.15) is 0 Å². The summed E-state index contributed by atoms with van der Waals surface area (Å²) in [5.74, 6) is 2.77. The third-order valence-electron chi connectivity index (χ3n) is 6.81. The van der Waals surface area contributed by atoms with E-state index in [0.29, 0.717) is 18.4 Å². The Bertz CT molecular complexity index is 1010. The van der Waals surface area contributed by atoms with Gasteiger partial charge in [0.2, 0.25) is 0 Å². The highest BCUT2D eigenvalue weighted by molar-refractivity contribution is 7.98. The molecule has 2 heterocycles. The van der Waals surface area contributed by atoms with Crippen molar-refractivity contribution in [2.24, 2.45) is 11.8 Å². The average Bonchev–Trinajstić information content (AvgIpc) is 2.83. The predicted molar refractivity (Wildman–Crippen MR) is 126 cm³/mol. The van der Waals surface area contributed by atoms with Crippen LogP contribution in [0.15, 0.2) is 72.0 Å². The molecule has 2 aliphatic rings. The standard InChI is InChI=1S/C26H29N3OS/c30-24-16-29(13-12-23(24)22-11-10-20-8-4-5-9-21(20)14-22)25-15-26(28-18-27-25)31-17-19-6-2-1-3-7-19/h1-9,15,18,22-24,30H,10-14,16-17H2/t22?,23-,24+/m0/s1. The van der Waals surface area contributed by atoms with Gasteiger partial charge in [0.05, 0.1) is 6.10 Å². The summed E-state index contributed by atoms with van der Waals surface area (Å²) in [7, 11) is 0. The largest absolute Gasteiger partial charge is 0.391 e. The van der Waals surface area contributed by atoms with Gasteiger partial charge in [-0.3, -0.25) is 0 Å². The highest BCUT2D eigenvalue weighted by atomic mass is 32.2. The van der Waals surface area contributed by atoms with E-state index in [9.17, 15) is 5.11 Å². The third-order valence-corrected chi connectivity index (χ3v) is 7.80. The van der Waals surface area contributed by atoms with E-state index in [2.05, 4.69) is 69.5 Å². The van der Waals surface area contributed by atoms with Crippen LogP contribution in [-0.4, -0.2) is 34.3 Å². The number of benzene rings is 2. The lowest BCUT2D eigenvalue weighted by Gasteiger charge is -2.41. The van der Waals surface area contributed by atoms with Gasteiger partial charge < -0.3 is 10.0 Å². The maximum absolute atomic E-state index is 11.0. The number of hydrogen-bond acceptors (Lipinski definition) is 5. The van der Waals surface area contributed by atoms with Crippen LogP contribution in [-0.2, 0) is 18.6 Å². The number of β-amino-alcohol motifs (C(OH)–C–C–N with tert-alkyl or cyclic N) is 1. The molecule has 1 aliphatic carbocycles. The molecule has 31 heavy (non-hydrogen) atoms. The van der Waals surface area contributed by atoms with E-state index in [1.54, 1.807) is 18.1 Å². The summed E-state index contributed by atoms with van der Waals surface area (Å²) in [5.41, 5.74) is 4.26. The summed E-state index contributed by atoms with van der Waals surface area (Å²) >= 11 is 1.73. The van der Waals surface area contributed by atoms with Crippen LogP contribution in [0, 0.1) is 11.8 Å². The molecule has 1 saturated heterocycles. The summed E-state index contributed by atoms with van der Waals surface area (Å²) in [6.45, 7) is 1.60. The molecule has 1 fully saturated rings. The number of nitrogens with zero attached hydrogens (tertiary/aromatic N) is 3. The number of aromatic nitrogens is 2. The molecule has 5 heteroatoms. The Hall–Kier alpha value is -2.37. The molecule has 0 bridgehead atoms. The van der Waals surface area contributed by atoms with Gasteiger partial charge in [0, 0.05) is 24.9 Å². The molecule has 0 amide bonds. The fourth-order valence-electron chi connectivity index (χ4n) is 5.11. The van der Waals surface area contributed by atoms with E-state index in [0.717, 1.165) is 42.4 Å². The van der Waals surface area contributed by atoms with Crippen molar-refractivity contribution in [3.63, 3.8) is 0 Å². The first kappa shape index (κ1) is 20.5. The van der Waals surface area contributed by atoms with Crippen molar-refractivity contribution in [1.29, 1.82) is 0 Å². The monoisotopic (exact) mass is 431 g/mol. The van der Waals surface area contributed by atoms with E-state index in [1.807, 2.05) is 6.07 Å². The smallest absolute Gasteiger partial charge is 0.133 e. The molecule has 1 unspecified atom stereocenters. The molecule has 1 aliphatic heterocycles. The summed E-state index contributed by atoms with van der Waals surface area (Å²) in [5, 5.41) is 12.0. The van der Waals surface area contributed by atoms with Gasteiger partial charge in [0.15, 0.2) is 0 Å². The van der Waals surface area contributed by atoms with E-state index < -0.39 is 0 Å². The van der Waals surface area contributed by atoms with Crippen molar-refractivity contribution < 1.29 is 5.11 Å². The second-order valence-corrected chi connectivity index (χ2v) is 9.72. The Morgan fingerprint density at radius 1 is 0.968 bits per heavy atom. The number of aliphatic hydroxyl groups excluding tert-OH is 1. The summed E-state index contributed by atoms with van der Waals surface area (Å²) in [6.07, 6.45) is 5.79. The number of anilines is 1. The van der Waals surface area contributed by atoms with Gasteiger partial charge in [0.25, 0.3) is 0 Å². The summed E-state index contributed by atoms with van der Waals surface area (Å²) in [6, 6.07) is 21.3. The SMILES string of the molecule is O[C@@H]1CN(c2cc(SCc3ccccc3)ncn2)CC[C@H]1C1CCc2ccccc2C1. The zero-order valence-electron chi connectivity index (χ0n) is 17.7.